The number of pyridine rings is 1. The van der Waals surface area contributed by atoms with Gasteiger partial charge in [-0.1, -0.05) is 6.07 Å². The number of halogens is 1. The second-order valence-corrected chi connectivity index (χ2v) is 5.77. The van der Waals surface area contributed by atoms with Gasteiger partial charge in [0, 0.05) is 45.2 Å². The highest BCUT2D eigenvalue weighted by Crippen LogP contribution is 2.10. The molecule has 2 aromatic rings. The first-order valence-corrected chi connectivity index (χ1v) is 8.65. The fourth-order valence-corrected chi connectivity index (χ4v) is 2.44. The van der Waals surface area contributed by atoms with Crippen molar-refractivity contribution in [3.63, 3.8) is 0 Å². The van der Waals surface area contributed by atoms with Crippen molar-refractivity contribution >= 4 is 29.9 Å². The zero-order valence-electron chi connectivity index (χ0n) is 16.0. The van der Waals surface area contributed by atoms with Crippen LogP contribution in [0.3, 0.4) is 0 Å². The van der Waals surface area contributed by atoms with Crippen molar-refractivity contribution in [2.24, 2.45) is 4.99 Å². The van der Waals surface area contributed by atoms with Crippen molar-refractivity contribution < 1.29 is 4.74 Å². The van der Waals surface area contributed by atoms with E-state index in [0.29, 0.717) is 6.54 Å². The number of aliphatic imine (C=N–C) groups is 1. The Hall–Kier alpha value is -1.68. The molecule has 0 aromatic carbocycles. The predicted molar refractivity (Wildman–Crippen MR) is 116 cm³/mol. The number of rotatable bonds is 8. The van der Waals surface area contributed by atoms with Gasteiger partial charge in [0.05, 0.1) is 5.69 Å². The summed E-state index contributed by atoms with van der Waals surface area (Å²) in [4.78, 5) is 8.73. The summed E-state index contributed by atoms with van der Waals surface area (Å²) in [5, 5.41) is 11.0. The van der Waals surface area contributed by atoms with Crippen LogP contribution in [-0.2, 0) is 11.3 Å². The highest BCUT2D eigenvalue weighted by Gasteiger charge is 2.05. The Morgan fingerprint density at radius 2 is 2.08 bits per heavy atom. The zero-order valence-corrected chi connectivity index (χ0v) is 18.3. The van der Waals surface area contributed by atoms with E-state index in [9.17, 15) is 0 Å². The lowest BCUT2D eigenvalue weighted by Gasteiger charge is -2.12. The van der Waals surface area contributed by atoms with Gasteiger partial charge in [0.25, 0.3) is 0 Å². The maximum absolute atomic E-state index is 5.32. The molecule has 2 rings (SSSR count). The Morgan fingerprint density at radius 3 is 2.65 bits per heavy atom. The van der Waals surface area contributed by atoms with Crippen LogP contribution >= 0.6 is 24.0 Å². The van der Waals surface area contributed by atoms with Gasteiger partial charge >= 0.3 is 0 Å². The molecule has 0 aliphatic rings. The van der Waals surface area contributed by atoms with E-state index < -0.39 is 0 Å². The zero-order chi connectivity index (χ0) is 18.1. The van der Waals surface area contributed by atoms with Gasteiger partial charge in [-0.25, -0.2) is 9.67 Å². The summed E-state index contributed by atoms with van der Waals surface area (Å²) < 4.78 is 7.17. The fraction of sp³-hybridized carbons (Fsp3) is 0.500. The molecule has 0 spiro atoms. The van der Waals surface area contributed by atoms with Crippen molar-refractivity contribution in [2.75, 3.05) is 26.8 Å². The topological polar surface area (TPSA) is 76.4 Å². The number of ether oxygens (including phenoxy) is 1. The van der Waals surface area contributed by atoms with Crippen LogP contribution in [0.5, 0.6) is 0 Å². The first-order chi connectivity index (χ1) is 12.1. The van der Waals surface area contributed by atoms with Crippen LogP contribution in [0.25, 0.3) is 5.82 Å². The summed E-state index contributed by atoms with van der Waals surface area (Å²) >= 11 is 0. The van der Waals surface area contributed by atoms with Crippen molar-refractivity contribution in [1.82, 2.24) is 25.4 Å². The number of nitrogens with zero attached hydrogens (tertiary/aromatic N) is 4. The first-order valence-electron chi connectivity index (χ1n) is 8.65. The summed E-state index contributed by atoms with van der Waals surface area (Å²) in [7, 11) is 1.77. The molecule has 0 fully saturated rings. The molecular formula is C18H29IN6O. The average molecular weight is 472 g/mol. The molecule has 2 aromatic heterocycles. The van der Waals surface area contributed by atoms with E-state index in [1.165, 1.54) is 0 Å². The number of hydrogen-bond acceptors (Lipinski definition) is 4. The highest BCUT2D eigenvalue weighted by molar-refractivity contribution is 14.0. The van der Waals surface area contributed by atoms with Crippen molar-refractivity contribution in [1.29, 1.82) is 0 Å². The molecule has 2 N–H and O–H groups in total. The van der Waals surface area contributed by atoms with Gasteiger partial charge in [-0.15, -0.1) is 24.0 Å². The lowest BCUT2D eigenvalue weighted by Crippen LogP contribution is -2.37. The van der Waals surface area contributed by atoms with Gasteiger partial charge in [0.15, 0.2) is 11.8 Å². The number of aryl methyl sites for hydroxylation is 2. The standard InChI is InChI=1S/C18H28N6O.HI/c1-5-25-10-6-9-20-18(19-4)22-13-16-7-8-17(21-12-16)24-15(3)11-14(2)23-24;/h7-8,11-12H,5-6,9-10,13H2,1-4H3,(H2,19,20,22);1H. The van der Waals surface area contributed by atoms with E-state index in [2.05, 4.69) is 25.7 Å². The molecule has 0 bridgehead atoms. The van der Waals surface area contributed by atoms with Crippen LogP contribution in [0, 0.1) is 13.8 Å². The van der Waals surface area contributed by atoms with E-state index >= 15 is 0 Å². The van der Waals surface area contributed by atoms with E-state index in [4.69, 9.17) is 4.74 Å². The van der Waals surface area contributed by atoms with E-state index in [0.717, 1.165) is 54.9 Å². The SMILES string of the molecule is CCOCCCNC(=NC)NCc1ccc(-n2nc(C)cc2C)nc1.I. The summed E-state index contributed by atoms with van der Waals surface area (Å²) in [5.41, 5.74) is 3.15. The Kier molecular flexibility index (Phi) is 10.2. The molecule has 2 heterocycles. The lowest BCUT2D eigenvalue weighted by molar-refractivity contribution is 0.145. The molecule has 0 aliphatic heterocycles. The second-order valence-electron chi connectivity index (χ2n) is 5.77. The monoisotopic (exact) mass is 472 g/mol. The Bertz CT molecular complexity index is 683. The molecule has 7 nitrogen and oxygen atoms in total. The Morgan fingerprint density at radius 1 is 1.27 bits per heavy atom. The van der Waals surface area contributed by atoms with Crippen LogP contribution in [-0.4, -0.2) is 47.5 Å². The Balaban J connectivity index is 0.00000338. The van der Waals surface area contributed by atoms with Crippen molar-refractivity contribution in [3.8, 4) is 5.82 Å². The van der Waals surface area contributed by atoms with Crippen molar-refractivity contribution in [3.05, 3.63) is 41.3 Å². The minimum Gasteiger partial charge on any atom is -0.382 e. The number of nitrogens with one attached hydrogen (secondary N) is 2. The summed E-state index contributed by atoms with van der Waals surface area (Å²) in [5.74, 6) is 1.60. The predicted octanol–water partition coefficient (Wildman–Crippen LogP) is 2.59. The number of guanidine groups is 1. The molecular weight excluding hydrogens is 443 g/mol. The Labute approximate surface area is 172 Å². The summed E-state index contributed by atoms with van der Waals surface area (Å²) in [6, 6.07) is 6.07. The summed E-state index contributed by atoms with van der Waals surface area (Å²) in [6.07, 6.45) is 2.81. The molecule has 0 saturated heterocycles. The van der Waals surface area contributed by atoms with E-state index in [1.807, 2.05) is 49.8 Å². The number of hydrogen-bond donors (Lipinski definition) is 2. The van der Waals surface area contributed by atoms with Crippen LogP contribution in [0.15, 0.2) is 29.4 Å². The van der Waals surface area contributed by atoms with E-state index in [1.54, 1.807) is 7.05 Å². The molecule has 144 valence electrons. The van der Waals surface area contributed by atoms with Gasteiger partial charge in [0.1, 0.15) is 0 Å². The quantitative estimate of drug-likeness (QED) is 0.268. The molecule has 0 atom stereocenters. The van der Waals surface area contributed by atoms with Crippen LogP contribution in [0.2, 0.25) is 0 Å². The van der Waals surface area contributed by atoms with Gasteiger partial charge in [-0.3, -0.25) is 4.99 Å². The average Bonchev–Trinajstić information content (AvgIpc) is 2.96. The second kappa shape index (κ2) is 11.8. The maximum Gasteiger partial charge on any atom is 0.191 e. The molecule has 26 heavy (non-hydrogen) atoms. The normalized spacial score (nSPS) is 11.2. The lowest BCUT2D eigenvalue weighted by atomic mass is 10.3. The minimum atomic E-state index is 0. The maximum atomic E-state index is 5.32. The van der Waals surface area contributed by atoms with Crippen LogP contribution in [0.1, 0.15) is 30.3 Å². The molecule has 8 heteroatoms. The van der Waals surface area contributed by atoms with Gasteiger partial charge in [-0.05, 0) is 44.9 Å². The molecule has 0 saturated carbocycles. The third-order valence-electron chi connectivity index (χ3n) is 3.68. The van der Waals surface area contributed by atoms with Gasteiger partial charge < -0.3 is 15.4 Å². The van der Waals surface area contributed by atoms with Crippen LogP contribution < -0.4 is 10.6 Å². The molecule has 0 radical (unpaired) electrons. The fourth-order valence-electron chi connectivity index (χ4n) is 2.44. The largest absolute Gasteiger partial charge is 0.382 e. The minimum absolute atomic E-state index is 0. The smallest absolute Gasteiger partial charge is 0.191 e. The molecule has 0 aliphatic carbocycles. The highest BCUT2D eigenvalue weighted by atomic mass is 127. The van der Waals surface area contributed by atoms with Crippen LogP contribution in [0.4, 0.5) is 0 Å². The summed E-state index contributed by atoms with van der Waals surface area (Å²) in [6.45, 7) is 9.02. The first kappa shape index (κ1) is 22.4. The third kappa shape index (κ3) is 6.91. The molecule has 0 amide bonds. The van der Waals surface area contributed by atoms with Crippen molar-refractivity contribution in [2.45, 2.75) is 33.7 Å². The van der Waals surface area contributed by atoms with Gasteiger partial charge in [-0.2, -0.15) is 5.10 Å². The third-order valence-corrected chi connectivity index (χ3v) is 3.68. The van der Waals surface area contributed by atoms with E-state index in [-0.39, 0.29) is 24.0 Å². The molecule has 0 unspecified atom stereocenters. The van der Waals surface area contributed by atoms with Gasteiger partial charge in [0.2, 0.25) is 0 Å². The number of aromatic nitrogens is 3.